The van der Waals surface area contributed by atoms with Crippen molar-refractivity contribution >= 4 is 33.4 Å². The molecule has 0 aliphatic heterocycles. The highest BCUT2D eigenvalue weighted by Gasteiger charge is 2.24. The molecular weight excluding hydrogens is 358 g/mol. The van der Waals surface area contributed by atoms with Gasteiger partial charge in [0.05, 0.1) is 0 Å². The molecule has 5 nitrogen and oxygen atoms in total. The van der Waals surface area contributed by atoms with Crippen LogP contribution in [0.2, 0.25) is 0 Å². The minimum Gasteiger partial charge on any atom is -0.348 e. The summed E-state index contributed by atoms with van der Waals surface area (Å²) in [5, 5.41) is 5.65. The standard InChI is InChI=1S/C17H16BrN3O2/c1-10-9-12(7-8-13(10)18)20-17(23)15-4-2-3-14(21-15)16(22)19-11-5-6-11/h2-4,7-9,11H,5-6H2,1H3,(H,19,22)(H,20,23). The maximum absolute atomic E-state index is 12.3. The molecule has 2 aromatic rings. The van der Waals surface area contributed by atoms with Gasteiger partial charge >= 0.3 is 0 Å². The Balaban J connectivity index is 1.73. The summed E-state index contributed by atoms with van der Waals surface area (Å²) in [6.45, 7) is 1.95. The molecule has 6 heteroatoms. The minimum atomic E-state index is -0.340. The van der Waals surface area contributed by atoms with Crippen LogP contribution in [0.1, 0.15) is 39.4 Å². The van der Waals surface area contributed by atoms with Crippen molar-refractivity contribution in [1.82, 2.24) is 10.3 Å². The van der Waals surface area contributed by atoms with E-state index in [1.807, 2.05) is 19.1 Å². The zero-order chi connectivity index (χ0) is 16.4. The van der Waals surface area contributed by atoms with Crippen LogP contribution in [-0.2, 0) is 0 Å². The van der Waals surface area contributed by atoms with E-state index in [0.717, 1.165) is 22.9 Å². The lowest BCUT2D eigenvalue weighted by molar-refractivity contribution is 0.0946. The fourth-order valence-electron chi connectivity index (χ4n) is 2.09. The zero-order valence-electron chi connectivity index (χ0n) is 12.6. The summed E-state index contributed by atoms with van der Waals surface area (Å²) < 4.78 is 0.979. The van der Waals surface area contributed by atoms with Crippen molar-refractivity contribution in [3.05, 3.63) is 57.8 Å². The molecular formula is C17H16BrN3O2. The number of rotatable bonds is 4. The van der Waals surface area contributed by atoms with E-state index in [9.17, 15) is 9.59 Å². The van der Waals surface area contributed by atoms with Gasteiger partial charge in [-0.1, -0.05) is 22.0 Å². The van der Waals surface area contributed by atoms with Crippen molar-refractivity contribution in [2.24, 2.45) is 0 Å². The van der Waals surface area contributed by atoms with Crippen LogP contribution in [-0.4, -0.2) is 22.8 Å². The molecule has 1 fully saturated rings. The van der Waals surface area contributed by atoms with Crippen LogP contribution in [0, 0.1) is 6.92 Å². The van der Waals surface area contributed by atoms with E-state index >= 15 is 0 Å². The number of aromatic nitrogens is 1. The number of benzene rings is 1. The second-order valence-corrected chi connectivity index (χ2v) is 6.43. The monoisotopic (exact) mass is 373 g/mol. The lowest BCUT2D eigenvalue weighted by Gasteiger charge is -2.08. The molecule has 1 saturated carbocycles. The first-order valence-electron chi connectivity index (χ1n) is 7.38. The molecule has 1 aromatic heterocycles. The summed E-state index contributed by atoms with van der Waals surface area (Å²) in [5.41, 5.74) is 2.18. The molecule has 2 N–H and O–H groups in total. The van der Waals surface area contributed by atoms with Crippen LogP contribution in [0.25, 0.3) is 0 Å². The first-order chi connectivity index (χ1) is 11.0. The topological polar surface area (TPSA) is 71.1 Å². The summed E-state index contributed by atoms with van der Waals surface area (Å²) in [5.74, 6) is -0.575. The van der Waals surface area contributed by atoms with Crippen molar-refractivity contribution in [2.75, 3.05) is 5.32 Å². The summed E-state index contributed by atoms with van der Waals surface area (Å²) in [4.78, 5) is 28.5. The Hall–Kier alpha value is -2.21. The van der Waals surface area contributed by atoms with E-state index in [1.54, 1.807) is 24.3 Å². The maximum atomic E-state index is 12.3. The number of anilines is 1. The minimum absolute atomic E-state index is 0.217. The van der Waals surface area contributed by atoms with Crippen LogP contribution < -0.4 is 10.6 Å². The van der Waals surface area contributed by atoms with Gasteiger partial charge in [0.15, 0.2) is 0 Å². The second kappa shape index (κ2) is 6.50. The van der Waals surface area contributed by atoms with E-state index in [1.165, 1.54) is 0 Å². The average Bonchev–Trinajstić information content (AvgIpc) is 3.35. The largest absolute Gasteiger partial charge is 0.348 e. The molecule has 0 unspecified atom stereocenters. The van der Waals surface area contributed by atoms with E-state index in [-0.39, 0.29) is 29.2 Å². The number of nitrogens with zero attached hydrogens (tertiary/aromatic N) is 1. The first kappa shape index (κ1) is 15.7. The smallest absolute Gasteiger partial charge is 0.274 e. The van der Waals surface area contributed by atoms with Gasteiger partial charge < -0.3 is 10.6 Å². The Morgan fingerprint density at radius 3 is 2.48 bits per heavy atom. The van der Waals surface area contributed by atoms with Crippen molar-refractivity contribution in [3.63, 3.8) is 0 Å². The molecule has 1 aliphatic rings. The Labute approximate surface area is 142 Å². The number of carbonyl (C=O) groups excluding carboxylic acids is 2. The number of hydrogen-bond acceptors (Lipinski definition) is 3. The van der Waals surface area contributed by atoms with Gasteiger partial charge in [0.1, 0.15) is 11.4 Å². The van der Waals surface area contributed by atoms with Gasteiger partial charge in [-0.3, -0.25) is 9.59 Å². The van der Waals surface area contributed by atoms with Crippen LogP contribution in [0.5, 0.6) is 0 Å². The van der Waals surface area contributed by atoms with Crippen LogP contribution in [0.4, 0.5) is 5.69 Å². The lowest BCUT2D eigenvalue weighted by atomic mass is 10.2. The SMILES string of the molecule is Cc1cc(NC(=O)c2cccc(C(=O)NC3CC3)n2)ccc1Br. The number of nitrogens with one attached hydrogen (secondary N) is 2. The van der Waals surface area contributed by atoms with Gasteiger partial charge in [-0.05, 0) is 55.7 Å². The molecule has 23 heavy (non-hydrogen) atoms. The van der Waals surface area contributed by atoms with Gasteiger partial charge in [0.2, 0.25) is 0 Å². The Kier molecular flexibility index (Phi) is 4.43. The third kappa shape index (κ3) is 3.96. The fraction of sp³-hybridized carbons (Fsp3) is 0.235. The first-order valence-corrected chi connectivity index (χ1v) is 8.17. The number of pyridine rings is 1. The Morgan fingerprint density at radius 2 is 1.83 bits per heavy atom. The molecule has 0 spiro atoms. The Morgan fingerprint density at radius 1 is 1.13 bits per heavy atom. The number of halogens is 1. The lowest BCUT2D eigenvalue weighted by Crippen LogP contribution is -2.27. The van der Waals surface area contributed by atoms with Crippen molar-refractivity contribution in [2.45, 2.75) is 25.8 Å². The molecule has 1 aliphatic carbocycles. The van der Waals surface area contributed by atoms with Crippen LogP contribution in [0.15, 0.2) is 40.9 Å². The number of amides is 2. The van der Waals surface area contributed by atoms with E-state index in [0.29, 0.717) is 5.69 Å². The second-order valence-electron chi connectivity index (χ2n) is 5.57. The molecule has 118 valence electrons. The highest BCUT2D eigenvalue weighted by Crippen LogP contribution is 2.21. The van der Waals surface area contributed by atoms with Crippen LogP contribution in [0.3, 0.4) is 0 Å². The third-order valence-corrected chi connectivity index (χ3v) is 4.43. The molecule has 3 rings (SSSR count). The molecule has 0 saturated heterocycles. The van der Waals surface area contributed by atoms with Gasteiger partial charge in [-0.25, -0.2) is 4.98 Å². The van der Waals surface area contributed by atoms with E-state index < -0.39 is 0 Å². The highest BCUT2D eigenvalue weighted by atomic mass is 79.9. The zero-order valence-corrected chi connectivity index (χ0v) is 14.2. The third-order valence-electron chi connectivity index (χ3n) is 3.54. The highest BCUT2D eigenvalue weighted by molar-refractivity contribution is 9.10. The maximum Gasteiger partial charge on any atom is 0.274 e. The normalized spacial score (nSPS) is 13.5. The molecule has 1 heterocycles. The number of hydrogen-bond donors (Lipinski definition) is 2. The summed E-state index contributed by atoms with van der Waals surface area (Å²) in [7, 11) is 0. The average molecular weight is 374 g/mol. The predicted octanol–water partition coefficient (Wildman–Crippen LogP) is 3.30. The van der Waals surface area contributed by atoms with Gasteiger partial charge in [0, 0.05) is 16.2 Å². The molecule has 1 aromatic carbocycles. The quantitative estimate of drug-likeness (QED) is 0.863. The summed E-state index contributed by atoms with van der Waals surface area (Å²) in [6, 6.07) is 10.7. The van der Waals surface area contributed by atoms with Crippen LogP contribution >= 0.6 is 15.9 Å². The van der Waals surface area contributed by atoms with E-state index in [4.69, 9.17) is 0 Å². The molecule has 0 bridgehead atoms. The van der Waals surface area contributed by atoms with Crippen molar-refractivity contribution in [1.29, 1.82) is 0 Å². The molecule has 2 amide bonds. The van der Waals surface area contributed by atoms with Gasteiger partial charge in [-0.2, -0.15) is 0 Å². The molecule has 0 atom stereocenters. The molecule has 0 radical (unpaired) electrons. The van der Waals surface area contributed by atoms with Gasteiger partial charge in [-0.15, -0.1) is 0 Å². The summed E-state index contributed by atoms with van der Waals surface area (Å²) in [6.07, 6.45) is 2.02. The number of carbonyl (C=O) groups is 2. The predicted molar refractivity (Wildman–Crippen MR) is 91.6 cm³/mol. The number of aryl methyl sites for hydroxylation is 1. The van der Waals surface area contributed by atoms with Crippen molar-refractivity contribution in [3.8, 4) is 0 Å². The van der Waals surface area contributed by atoms with Crippen molar-refractivity contribution < 1.29 is 9.59 Å². The Bertz CT molecular complexity index is 772. The van der Waals surface area contributed by atoms with E-state index in [2.05, 4.69) is 31.5 Å². The fourth-order valence-corrected chi connectivity index (χ4v) is 2.34. The summed E-state index contributed by atoms with van der Waals surface area (Å²) >= 11 is 3.42. The van der Waals surface area contributed by atoms with Gasteiger partial charge in [0.25, 0.3) is 11.8 Å².